The first-order valence-electron chi connectivity index (χ1n) is 15.0. The highest BCUT2D eigenvalue weighted by Gasteiger charge is 2.35. The molecule has 0 atom stereocenters. The van der Waals surface area contributed by atoms with Crippen LogP contribution in [0.5, 0.6) is 5.75 Å². The first-order valence-corrected chi connectivity index (χ1v) is 16.2. The molecule has 0 radical (unpaired) electrons. The second kappa shape index (κ2) is 13.1. The van der Waals surface area contributed by atoms with E-state index in [4.69, 9.17) is 22.1 Å². The lowest BCUT2D eigenvalue weighted by molar-refractivity contribution is 0.0144. The minimum absolute atomic E-state index is 0.0129. The summed E-state index contributed by atoms with van der Waals surface area (Å²) in [5.74, 6) is -0.624. The van der Waals surface area contributed by atoms with Gasteiger partial charge in [0.05, 0.1) is 5.02 Å². The monoisotopic (exact) mass is 647 g/mol. The summed E-state index contributed by atoms with van der Waals surface area (Å²) in [6.45, 7) is 5.70. The fraction of sp³-hybridized carbons (Fsp3) is 0.343. The van der Waals surface area contributed by atoms with Gasteiger partial charge in [0.1, 0.15) is 16.2 Å². The standard InChI is InChI=1S/C35H38ClN3O5S/c1-35(2,3)44-34(43)38(4)25-14-16-26(17-15-25)39(33(42)31-30(36)27-7-5-6-8-29(27)45-31)20-24-19-23(13-18-28(24)40)21-9-11-22(12-10-21)32(37)41/h5-13,18-19,25-26,40H,14-17,20H2,1-4H3,(H2,37,41). The summed E-state index contributed by atoms with van der Waals surface area (Å²) in [5.41, 5.74) is 7.48. The van der Waals surface area contributed by atoms with Crippen LogP contribution >= 0.6 is 22.9 Å². The van der Waals surface area contributed by atoms with Gasteiger partial charge in [-0.1, -0.05) is 48.0 Å². The first-order chi connectivity index (χ1) is 21.3. The zero-order valence-corrected chi connectivity index (χ0v) is 27.5. The van der Waals surface area contributed by atoms with Gasteiger partial charge in [0.2, 0.25) is 5.91 Å². The van der Waals surface area contributed by atoms with Gasteiger partial charge in [0.15, 0.2) is 0 Å². The van der Waals surface area contributed by atoms with Crippen molar-refractivity contribution in [3.63, 3.8) is 0 Å². The number of thiophene rings is 1. The van der Waals surface area contributed by atoms with Crippen LogP contribution in [0.1, 0.15) is 72.0 Å². The molecule has 3 aromatic carbocycles. The number of nitrogens with zero attached hydrogens (tertiary/aromatic N) is 2. The van der Waals surface area contributed by atoms with Gasteiger partial charge in [-0.15, -0.1) is 11.3 Å². The third-order valence-corrected chi connectivity index (χ3v) is 9.91. The molecule has 0 aliphatic heterocycles. The zero-order chi connectivity index (χ0) is 32.5. The van der Waals surface area contributed by atoms with E-state index < -0.39 is 11.5 Å². The number of hydrogen-bond acceptors (Lipinski definition) is 6. The SMILES string of the molecule is CN(C(=O)OC(C)(C)C)C1CCC(N(Cc2cc(-c3ccc(C(N)=O)cc3)ccc2O)C(=O)c2sc3ccccc3c2Cl)CC1. The number of fused-ring (bicyclic) bond motifs is 1. The van der Waals surface area contributed by atoms with Crippen molar-refractivity contribution in [2.24, 2.45) is 5.73 Å². The van der Waals surface area contributed by atoms with Crippen molar-refractivity contribution in [3.05, 3.63) is 87.8 Å². The molecule has 1 aliphatic rings. The summed E-state index contributed by atoms with van der Waals surface area (Å²) in [6, 6.07) is 19.7. The number of halogens is 1. The molecule has 45 heavy (non-hydrogen) atoms. The van der Waals surface area contributed by atoms with Gasteiger partial charge < -0.3 is 25.4 Å². The Balaban J connectivity index is 1.43. The van der Waals surface area contributed by atoms with Crippen LogP contribution in [0.3, 0.4) is 0 Å². The average molecular weight is 648 g/mol. The lowest BCUT2D eigenvalue weighted by atomic mass is 9.89. The third-order valence-electron chi connectivity index (χ3n) is 8.25. The Morgan fingerprint density at radius 3 is 2.20 bits per heavy atom. The molecule has 3 amide bonds. The van der Waals surface area contributed by atoms with E-state index >= 15 is 0 Å². The number of aromatic hydroxyl groups is 1. The Kier molecular flexibility index (Phi) is 9.41. The topological polar surface area (TPSA) is 113 Å². The van der Waals surface area contributed by atoms with Crippen LogP contribution in [0.4, 0.5) is 4.79 Å². The molecule has 0 spiro atoms. The average Bonchev–Trinajstić information content (AvgIpc) is 3.35. The van der Waals surface area contributed by atoms with Crippen LogP contribution < -0.4 is 5.73 Å². The Morgan fingerprint density at radius 2 is 1.58 bits per heavy atom. The number of phenolic OH excluding ortho intramolecular Hbond substituents is 1. The number of hydrogen-bond donors (Lipinski definition) is 2. The first kappa shape index (κ1) is 32.3. The van der Waals surface area contributed by atoms with E-state index in [9.17, 15) is 19.5 Å². The van der Waals surface area contributed by atoms with Gasteiger partial charge in [-0.05, 0) is 87.9 Å². The van der Waals surface area contributed by atoms with Gasteiger partial charge in [-0.25, -0.2) is 4.79 Å². The minimum atomic E-state index is -0.588. The largest absolute Gasteiger partial charge is 0.508 e. The molecule has 3 N–H and O–H groups in total. The lowest BCUT2D eigenvalue weighted by Crippen LogP contribution is -2.47. The van der Waals surface area contributed by atoms with E-state index in [0.717, 1.165) is 21.2 Å². The molecule has 236 valence electrons. The zero-order valence-electron chi connectivity index (χ0n) is 25.9. The second-order valence-electron chi connectivity index (χ2n) is 12.5. The lowest BCUT2D eigenvalue weighted by Gasteiger charge is -2.40. The van der Waals surface area contributed by atoms with Crippen molar-refractivity contribution in [2.75, 3.05) is 7.05 Å². The van der Waals surface area contributed by atoms with E-state index in [2.05, 4.69) is 0 Å². The number of nitrogens with two attached hydrogens (primary N) is 1. The van der Waals surface area contributed by atoms with Gasteiger partial charge in [-0.3, -0.25) is 9.59 Å². The molecule has 1 aliphatic carbocycles. The van der Waals surface area contributed by atoms with Gasteiger partial charge in [-0.2, -0.15) is 0 Å². The Hall–Kier alpha value is -4.08. The quantitative estimate of drug-likeness (QED) is 0.212. The molecular weight excluding hydrogens is 610 g/mol. The van der Waals surface area contributed by atoms with Crippen LogP contribution in [-0.4, -0.2) is 57.5 Å². The number of primary amides is 1. The van der Waals surface area contributed by atoms with Gasteiger partial charge in [0.25, 0.3) is 5.91 Å². The molecule has 0 saturated heterocycles. The molecule has 1 heterocycles. The van der Waals surface area contributed by atoms with E-state index in [0.29, 0.717) is 46.7 Å². The summed E-state index contributed by atoms with van der Waals surface area (Å²) in [7, 11) is 1.76. The fourth-order valence-electron chi connectivity index (χ4n) is 5.79. The summed E-state index contributed by atoms with van der Waals surface area (Å²) < 4.78 is 6.51. The van der Waals surface area contributed by atoms with E-state index in [1.54, 1.807) is 48.3 Å². The third kappa shape index (κ3) is 7.26. The predicted octanol–water partition coefficient (Wildman–Crippen LogP) is 7.85. The molecule has 4 aromatic rings. The number of phenols is 1. The van der Waals surface area contributed by atoms with E-state index in [1.165, 1.54) is 11.3 Å². The van der Waals surface area contributed by atoms with E-state index in [1.807, 2.05) is 56.0 Å². The molecule has 10 heteroatoms. The highest BCUT2D eigenvalue weighted by Crippen LogP contribution is 2.38. The van der Waals surface area contributed by atoms with Crippen molar-refractivity contribution in [1.29, 1.82) is 0 Å². The molecule has 0 unspecified atom stereocenters. The summed E-state index contributed by atoms with van der Waals surface area (Å²) in [6.07, 6.45) is 2.37. The number of ether oxygens (including phenoxy) is 1. The predicted molar refractivity (Wildman–Crippen MR) is 179 cm³/mol. The highest BCUT2D eigenvalue weighted by molar-refractivity contribution is 7.21. The van der Waals surface area contributed by atoms with Crippen molar-refractivity contribution in [3.8, 4) is 16.9 Å². The number of carbonyl (C=O) groups excluding carboxylic acids is 3. The van der Waals surface area contributed by atoms with Crippen LogP contribution in [0.2, 0.25) is 5.02 Å². The smallest absolute Gasteiger partial charge is 0.410 e. The molecule has 1 aromatic heterocycles. The molecule has 0 bridgehead atoms. The van der Waals surface area contributed by atoms with Gasteiger partial charge >= 0.3 is 6.09 Å². The molecular formula is C35H38ClN3O5S. The summed E-state index contributed by atoms with van der Waals surface area (Å²) >= 11 is 8.15. The number of rotatable bonds is 7. The van der Waals surface area contributed by atoms with E-state index in [-0.39, 0.29) is 36.4 Å². The highest BCUT2D eigenvalue weighted by atomic mass is 35.5. The number of benzene rings is 3. The Bertz CT molecular complexity index is 1720. The minimum Gasteiger partial charge on any atom is -0.508 e. The fourth-order valence-corrected chi connectivity index (χ4v) is 7.26. The van der Waals surface area contributed by atoms with Crippen LogP contribution in [0.15, 0.2) is 66.7 Å². The van der Waals surface area contributed by atoms with Crippen LogP contribution in [-0.2, 0) is 11.3 Å². The molecule has 1 fully saturated rings. The summed E-state index contributed by atoms with van der Waals surface area (Å²) in [4.78, 5) is 42.6. The maximum atomic E-state index is 14.3. The Labute approximate surface area is 272 Å². The summed E-state index contributed by atoms with van der Waals surface area (Å²) in [5, 5.41) is 12.2. The van der Waals surface area contributed by atoms with Crippen molar-refractivity contribution in [2.45, 2.75) is 70.7 Å². The van der Waals surface area contributed by atoms with Crippen LogP contribution in [0.25, 0.3) is 21.2 Å². The molecule has 5 rings (SSSR count). The maximum Gasteiger partial charge on any atom is 0.410 e. The molecule has 1 saturated carbocycles. The molecule has 8 nitrogen and oxygen atoms in total. The van der Waals surface area contributed by atoms with Crippen LogP contribution in [0, 0.1) is 0 Å². The van der Waals surface area contributed by atoms with Crippen molar-refractivity contribution in [1.82, 2.24) is 9.80 Å². The number of carbonyl (C=O) groups is 3. The van der Waals surface area contributed by atoms with Crippen molar-refractivity contribution < 1.29 is 24.2 Å². The van der Waals surface area contributed by atoms with Gasteiger partial charge in [0, 0.05) is 46.9 Å². The maximum absolute atomic E-state index is 14.3. The second-order valence-corrected chi connectivity index (χ2v) is 13.9. The Morgan fingerprint density at radius 1 is 0.956 bits per heavy atom. The number of amides is 3. The normalized spacial score (nSPS) is 16.7. The van der Waals surface area contributed by atoms with Crippen molar-refractivity contribution >= 4 is 50.9 Å².